The second kappa shape index (κ2) is 13.5. The fourth-order valence-electron chi connectivity index (χ4n) is 9.50. The second-order valence-electron chi connectivity index (χ2n) is 15.7. The quantitative estimate of drug-likeness (QED) is 0.164. The normalized spacial score (nSPS) is 12.7. The average Bonchev–Trinajstić information content (AvgIpc) is 3.65. The van der Waals surface area contributed by atoms with Crippen LogP contribution in [0.5, 0.6) is 0 Å². The van der Waals surface area contributed by atoms with Crippen LogP contribution < -0.4 is 0 Å². The lowest BCUT2D eigenvalue weighted by Gasteiger charge is -2.19. The number of fused-ring (bicyclic) bond motifs is 10. The summed E-state index contributed by atoms with van der Waals surface area (Å²) < 4.78 is 2.49. The van der Waals surface area contributed by atoms with Gasteiger partial charge in [0.25, 0.3) is 0 Å². The Labute approximate surface area is 342 Å². The van der Waals surface area contributed by atoms with Gasteiger partial charge in [-0.05, 0) is 98.3 Å². The van der Waals surface area contributed by atoms with Crippen LogP contribution in [-0.4, -0.2) is 14.5 Å². The Balaban J connectivity index is 0.876. The van der Waals surface area contributed by atoms with Crippen LogP contribution >= 0.6 is 0 Å². The van der Waals surface area contributed by atoms with Crippen molar-refractivity contribution in [3.63, 3.8) is 0 Å². The van der Waals surface area contributed by atoms with Gasteiger partial charge in [0.2, 0.25) is 0 Å². The first-order valence-corrected chi connectivity index (χ1v) is 20.4. The van der Waals surface area contributed by atoms with Crippen molar-refractivity contribution in [2.75, 3.05) is 0 Å². The topological polar surface area (TPSA) is 30.7 Å². The van der Waals surface area contributed by atoms with Crippen molar-refractivity contribution in [2.45, 2.75) is 12.8 Å². The Kier molecular flexibility index (Phi) is 7.67. The molecule has 0 unspecified atom stereocenters. The van der Waals surface area contributed by atoms with Gasteiger partial charge in [0.05, 0.1) is 39.8 Å². The van der Waals surface area contributed by atoms with Gasteiger partial charge < -0.3 is 4.57 Å². The van der Waals surface area contributed by atoms with Gasteiger partial charge in [-0.25, -0.2) is 4.98 Å². The van der Waals surface area contributed by atoms with Crippen molar-refractivity contribution >= 4 is 65.9 Å². The SMILES string of the molecule is C1=C(c2cccc(-c3ccc(-c4cccc(-c5cnc6c7ccccc7c7ccccc7c6n5)c4)cc3)c2)CCc2c1n(-c1cccc3ccccc13)c1ccccc21. The highest BCUT2D eigenvalue weighted by Gasteiger charge is 2.23. The predicted molar refractivity (Wildman–Crippen MR) is 248 cm³/mol. The summed E-state index contributed by atoms with van der Waals surface area (Å²) in [6, 6.07) is 68.0. The van der Waals surface area contributed by atoms with Crippen LogP contribution in [0.4, 0.5) is 0 Å². The summed E-state index contributed by atoms with van der Waals surface area (Å²) in [4.78, 5) is 10.3. The lowest BCUT2D eigenvalue weighted by molar-refractivity contribution is 0.983. The van der Waals surface area contributed by atoms with E-state index in [9.17, 15) is 0 Å². The Hall–Kier alpha value is -7.62. The minimum Gasteiger partial charge on any atom is -0.309 e. The van der Waals surface area contributed by atoms with E-state index in [1.54, 1.807) is 0 Å². The van der Waals surface area contributed by atoms with Crippen molar-refractivity contribution in [3.05, 3.63) is 211 Å². The Morgan fingerprint density at radius 1 is 0.407 bits per heavy atom. The largest absolute Gasteiger partial charge is 0.309 e. The summed E-state index contributed by atoms with van der Waals surface area (Å²) >= 11 is 0. The molecule has 276 valence electrons. The molecule has 9 aromatic carbocycles. The number of aromatic nitrogens is 3. The van der Waals surface area contributed by atoms with E-state index in [4.69, 9.17) is 9.97 Å². The summed E-state index contributed by atoms with van der Waals surface area (Å²) in [5, 5.41) is 8.53. The summed E-state index contributed by atoms with van der Waals surface area (Å²) in [7, 11) is 0. The maximum Gasteiger partial charge on any atom is 0.0979 e. The number of hydrogen-bond donors (Lipinski definition) is 0. The second-order valence-corrected chi connectivity index (χ2v) is 15.7. The molecule has 2 heterocycles. The monoisotopic (exact) mass is 751 g/mol. The Morgan fingerprint density at radius 3 is 1.71 bits per heavy atom. The summed E-state index contributed by atoms with van der Waals surface area (Å²) in [6.45, 7) is 0. The minimum atomic E-state index is 0.870. The number of para-hydroxylation sites is 1. The Bertz CT molecular complexity index is 3460. The van der Waals surface area contributed by atoms with E-state index in [2.05, 4.69) is 199 Å². The first kappa shape index (κ1) is 33.5. The van der Waals surface area contributed by atoms with E-state index >= 15 is 0 Å². The molecule has 1 aliphatic carbocycles. The minimum absolute atomic E-state index is 0.870. The van der Waals surface area contributed by atoms with Gasteiger partial charge in [-0.2, -0.15) is 0 Å². The van der Waals surface area contributed by atoms with E-state index < -0.39 is 0 Å². The molecule has 3 heteroatoms. The molecule has 0 radical (unpaired) electrons. The maximum atomic E-state index is 5.25. The van der Waals surface area contributed by atoms with E-state index in [0.29, 0.717) is 0 Å². The molecule has 0 fully saturated rings. The first-order chi connectivity index (χ1) is 29.2. The molecule has 0 saturated carbocycles. The van der Waals surface area contributed by atoms with Crippen LogP contribution in [0.25, 0.3) is 105 Å². The van der Waals surface area contributed by atoms with Crippen molar-refractivity contribution in [3.8, 4) is 39.2 Å². The molecule has 0 spiro atoms. The first-order valence-electron chi connectivity index (χ1n) is 20.4. The average molecular weight is 752 g/mol. The molecule has 11 aromatic rings. The maximum absolute atomic E-state index is 5.25. The number of allylic oxidation sites excluding steroid dienone is 1. The van der Waals surface area contributed by atoms with Gasteiger partial charge >= 0.3 is 0 Å². The highest BCUT2D eigenvalue weighted by molar-refractivity contribution is 6.23. The van der Waals surface area contributed by atoms with Crippen LogP contribution in [0.1, 0.15) is 23.2 Å². The third-order valence-electron chi connectivity index (χ3n) is 12.4. The summed E-state index contributed by atoms with van der Waals surface area (Å²) in [6.07, 6.45) is 6.38. The number of benzene rings is 9. The molecule has 0 N–H and O–H groups in total. The summed E-state index contributed by atoms with van der Waals surface area (Å²) in [5.41, 5.74) is 16.4. The molecule has 1 aliphatic rings. The fraction of sp³-hybridized carbons (Fsp3) is 0.0357. The van der Waals surface area contributed by atoms with Crippen LogP contribution in [0, 0.1) is 0 Å². The van der Waals surface area contributed by atoms with Gasteiger partial charge in [-0.15, -0.1) is 0 Å². The van der Waals surface area contributed by atoms with E-state index in [1.807, 2.05) is 6.20 Å². The number of aryl methyl sites for hydroxylation is 1. The zero-order valence-electron chi connectivity index (χ0n) is 32.3. The molecular weight excluding hydrogens is 715 g/mol. The van der Waals surface area contributed by atoms with Gasteiger partial charge in [-0.3, -0.25) is 4.98 Å². The fourth-order valence-corrected chi connectivity index (χ4v) is 9.50. The lowest BCUT2D eigenvalue weighted by Crippen LogP contribution is -2.03. The Morgan fingerprint density at radius 2 is 0.966 bits per heavy atom. The van der Waals surface area contributed by atoms with Gasteiger partial charge in [-0.1, -0.05) is 164 Å². The van der Waals surface area contributed by atoms with Crippen molar-refractivity contribution in [1.29, 1.82) is 0 Å². The van der Waals surface area contributed by atoms with Crippen LogP contribution in [0.3, 0.4) is 0 Å². The molecule has 0 atom stereocenters. The smallest absolute Gasteiger partial charge is 0.0979 e. The standard InChI is InChI=1S/C56H37N3/c1-2-18-44-38(12-1)13-11-25-52(44)59-53-24-8-7-21-47(53)48-31-30-42(34-54(48)59)41-16-9-14-39(32-41)36-26-28-37(29-27-36)40-15-10-17-43(33-40)51-35-57-55-49-22-5-3-19-45(49)46-20-4-6-23-50(46)56(55)58-51/h1-29,32-35H,30-31H2. The molecule has 59 heavy (non-hydrogen) atoms. The molecule has 2 aromatic heterocycles. The van der Waals surface area contributed by atoms with Crippen LogP contribution in [0.15, 0.2) is 194 Å². The molecule has 0 amide bonds. The zero-order chi connectivity index (χ0) is 38.9. The van der Waals surface area contributed by atoms with Crippen molar-refractivity contribution in [1.82, 2.24) is 14.5 Å². The molecule has 12 rings (SSSR count). The van der Waals surface area contributed by atoms with Crippen molar-refractivity contribution in [2.24, 2.45) is 0 Å². The summed E-state index contributed by atoms with van der Waals surface area (Å²) in [5.74, 6) is 0. The lowest BCUT2D eigenvalue weighted by atomic mass is 9.89. The van der Waals surface area contributed by atoms with Gasteiger partial charge in [0.1, 0.15) is 0 Å². The number of rotatable bonds is 5. The molecule has 0 aliphatic heterocycles. The highest BCUT2D eigenvalue weighted by atomic mass is 15.0. The number of nitrogens with zero attached hydrogens (tertiary/aromatic N) is 3. The van der Waals surface area contributed by atoms with Gasteiger partial charge in [0.15, 0.2) is 0 Å². The molecule has 0 saturated heterocycles. The third kappa shape index (κ3) is 5.50. The van der Waals surface area contributed by atoms with E-state index in [-0.39, 0.29) is 0 Å². The van der Waals surface area contributed by atoms with Crippen molar-refractivity contribution < 1.29 is 0 Å². The predicted octanol–water partition coefficient (Wildman–Crippen LogP) is 14.5. The van der Waals surface area contributed by atoms with E-state index in [1.165, 1.54) is 77.2 Å². The van der Waals surface area contributed by atoms with Gasteiger partial charge in [0, 0.05) is 27.1 Å². The van der Waals surface area contributed by atoms with E-state index in [0.717, 1.165) is 51.5 Å². The third-order valence-corrected chi connectivity index (χ3v) is 12.4. The molecule has 3 nitrogen and oxygen atoms in total. The van der Waals surface area contributed by atoms with Crippen LogP contribution in [0.2, 0.25) is 0 Å². The molecular formula is C56H37N3. The van der Waals surface area contributed by atoms with Crippen LogP contribution in [-0.2, 0) is 6.42 Å². The zero-order valence-corrected chi connectivity index (χ0v) is 32.3. The molecule has 0 bridgehead atoms. The number of hydrogen-bond acceptors (Lipinski definition) is 2. The highest BCUT2D eigenvalue weighted by Crippen LogP contribution is 2.41.